The highest BCUT2D eigenvalue weighted by Gasteiger charge is 2.71. The summed E-state index contributed by atoms with van der Waals surface area (Å²) in [5.74, 6) is -3.27. The van der Waals surface area contributed by atoms with Crippen LogP contribution < -0.4 is 11.2 Å². The number of hydrogen-bond acceptors (Lipinski definition) is 9. The fourth-order valence-corrected chi connectivity index (χ4v) is 5.47. The summed E-state index contributed by atoms with van der Waals surface area (Å²) < 4.78 is 20.3. The first kappa shape index (κ1) is 35.0. The van der Waals surface area contributed by atoms with Crippen molar-refractivity contribution in [1.29, 1.82) is 0 Å². The Kier molecular flexibility index (Phi) is 14.9. The Hall–Kier alpha value is -1.19. The van der Waals surface area contributed by atoms with E-state index in [0.29, 0.717) is 17.4 Å². The molecule has 0 bridgehead atoms. The number of halogens is 2. The average Bonchev–Trinajstić information content (AvgIpc) is 3.14. The van der Waals surface area contributed by atoms with E-state index in [1.54, 1.807) is 0 Å². The van der Waals surface area contributed by atoms with Crippen molar-refractivity contribution < 1.29 is 34.8 Å². The van der Waals surface area contributed by atoms with Crippen LogP contribution in [0.5, 0.6) is 0 Å². The maximum Gasteiger partial charge on any atom is 0.332 e. The molecule has 0 radical (unpaired) electrons. The Morgan fingerprint density at radius 1 is 1.00 bits per heavy atom. The number of hydrogen-bond donors (Lipinski definition) is 6. The van der Waals surface area contributed by atoms with Crippen molar-refractivity contribution in [3.63, 3.8) is 0 Å². The Balaban J connectivity index is 1.81. The summed E-state index contributed by atoms with van der Waals surface area (Å²) in [4.78, 5) is 26.0. The van der Waals surface area contributed by atoms with Gasteiger partial charge in [-0.2, -0.15) is 0 Å². The van der Waals surface area contributed by atoms with Crippen molar-refractivity contribution in [3.05, 3.63) is 31.5 Å². The topological polar surface area (TPSA) is 168 Å². The summed E-state index contributed by atoms with van der Waals surface area (Å²) in [5.41, 5.74) is -5.44. The van der Waals surface area contributed by atoms with E-state index in [1.807, 2.05) is 4.98 Å². The van der Waals surface area contributed by atoms with Crippen molar-refractivity contribution in [1.82, 2.24) is 14.6 Å². The number of nitrogens with zero attached hydrogens (tertiary/aromatic N) is 2. The third-order valence-electron chi connectivity index (χ3n) is 7.63. The molecule has 1 saturated heterocycles. The predicted octanol–water partition coefficient (Wildman–Crippen LogP) is 3.59. The largest absolute Gasteiger partial charge is 0.394 e. The van der Waals surface area contributed by atoms with Gasteiger partial charge in [0.15, 0.2) is 6.30 Å². The SMILES string of the molecule is CCCCCCCCCCCCCCCCCC(F)N(O)[C@@]1(O)[C@H](O)[C@@H](CO)O[C@]1(O)n1cc(Br)c(=O)[nH]c1=O. The second kappa shape index (κ2) is 17.1. The van der Waals surface area contributed by atoms with Gasteiger partial charge in [0.1, 0.15) is 12.2 Å². The molecular formula is C27H47BrFN3O8. The van der Waals surface area contributed by atoms with Gasteiger partial charge >= 0.3 is 11.6 Å². The number of aliphatic hydroxyl groups is 4. The average molecular weight is 641 g/mol. The van der Waals surface area contributed by atoms with Crippen LogP contribution in [0.25, 0.3) is 0 Å². The van der Waals surface area contributed by atoms with Gasteiger partial charge in [0.25, 0.3) is 5.56 Å². The third-order valence-corrected chi connectivity index (χ3v) is 8.19. The third kappa shape index (κ3) is 8.66. The van der Waals surface area contributed by atoms with Gasteiger partial charge < -0.3 is 30.4 Å². The zero-order chi connectivity index (χ0) is 29.8. The number of aromatic amines is 1. The predicted molar refractivity (Wildman–Crippen MR) is 150 cm³/mol. The lowest BCUT2D eigenvalue weighted by molar-refractivity contribution is -0.428. The number of aliphatic hydroxyl groups excluding tert-OH is 2. The Bertz CT molecular complexity index is 997. The summed E-state index contributed by atoms with van der Waals surface area (Å²) in [7, 11) is 0. The molecule has 1 unspecified atom stereocenters. The molecule has 0 spiro atoms. The summed E-state index contributed by atoms with van der Waals surface area (Å²) in [6.45, 7) is 1.29. The minimum atomic E-state index is -3.31. The standard InChI is InChI=1S/C27H47BrFN3O8/c1-2-3-4-5-6-7-8-9-10-11-12-13-14-15-16-17-22(29)32(39)26(37)23(34)21(19-33)40-27(26,38)31-18-20(28)24(35)30-25(31)36/h18,21-23,33-34,37-39H,2-17,19H2,1H3,(H,30,35,36)/t21-,22?,23-,26-,27+/m1/s1. The molecule has 1 aliphatic heterocycles. The van der Waals surface area contributed by atoms with Crippen molar-refractivity contribution in [2.24, 2.45) is 0 Å². The molecule has 5 atom stereocenters. The van der Waals surface area contributed by atoms with Crippen LogP contribution in [-0.4, -0.2) is 71.1 Å². The maximum absolute atomic E-state index is 15.1. The normalized spacial score (nSPS) is 25.6. The first-order chi connectivity index (χ1) is 19.0. The number of nitrogens with one attached hydrogen (secondary N) is 1. The lowest BCUT2D eigenvalue weighted by Crippen LogP contribution is -2.69. The highest BCUT2D eigenvalue weighted by molar-refractivity contribution is 9.10. The van der Waals surface area contributed by atoms with E-state index in [4.69, 9.17) is 4.74 Å². The van der Waals surface area contributed by atoms with Gasteiger partial charge in [-0.3, -0.25) is 9.78 Å². The smallest absolute Gasteiger partial charge is 0.332 e. The molecule has 1 fully saturated rings. The zero-order valence-electron chi connectivity index (χ0n) is 23.4. The van der Waals surface area contributed by atoms with Crippen LogP contribution in [0.3, 0.4) is 0 Å². The molecule has 0 aliphatic carbocycles. The molecule has 40 heavy (non-hydrogen) atoms. The fourth-order valence-electron chi connectivity index (χ4n) is 5.16. The number of aromatic nitrogens is 2. The Labute approximate surface area is 243 Å². The minimum absolute atomic E-state index is 0.242. The highest BCUT2D eigenvalue weighted by atomic mass is 79.9. The van der Waals surface area contributed by atoms with Crippen molar-refractivity contribution >= 4 is 15.9 Å². The molecule has 0 amide bonds. The van der Waals surface area contributed by atoms with E-state index >= 15 is 4.39 Å². The molecule has 0 saturated carbocycles. The minimum Gasteiger partial charge on any atom is -0.394 e. The van der Waals surface area contributed by atoms with Gasteiger partial charge in [0.2, 0.25) is 5.72 Å². The number of H-pyrrole nitrogens is 1. The Morgan fingerprint density at radius 3 is 1.95 bits per heavy atom. The molecule has 1 aromatic heterocycles. The lowest BCUT2D eigenvalue weighted by Gasteiger charge is -2.43. The van der Waals surface area contributed by atoms with E-state index in [9.17, 15) is 35.2 Å². The first-order valence-electron chi connectivity index (χ1n) is 14.6. The van der Waals surface area contributed by atoms with E-state index in [2.05, 4.69) is 22.9 Å². The van der Waals surface area contributed by atoms with Crippen LogP contribution in [0, 0.1) is 0 Å². The first-order valence-corrected chi connectivity index (χ1v) is 15.4. The number of unbranched alkanes of at least 4 members (excludes halogenated alkanes) is 14. The Morgan fingerprint density at radius 2 is 1.48 bits per heavy atom. The van der Waals surface area contributed by atoms with Gasteiger partial charge in [-0.15, -0.1) is 5.06 Å². The van der Waals surface area contributed by atoms with E-state index in [-0.39, 0.29) is 16.0 Å². The molecule has 13 heteroatoms. The van der Waals surface area contributed by atoms with Gasteiger partial charge in [-0.05, 0) is 28.8 Å². The molecule has 1 aromatic rings. The van der Waals surface area contributed by atoms with Crippen molar-refractivity contribution in [2.45, 2.75) is 140 Å². The number of alkyl halides is 1. The van der Waals surface area contributed by atoms with Crippen LogP contribution in [0.4, 0.5) is 4.39 Å². The molecule has 6 N–H and O–H groups in total. The van der Waals surface area contributed by atoms with Gasteiger partial charge in [-0.1, -0.05) is 96.8 Å². The molecule has 232 valence electrons. The zero-order valence-corrected chi connectivity index (χ0v) is 25.0. The molecule has 2 rings (SSSR count). The number of ether oxygens (including phenoxy) is 1. The van der Waals surface area contributed by atoms with Crippen LogP contribution in [0.15, 0.2) is 20.3 Å². The van der Waals surface area contributed by atoms with Crippen molar-refractivity contribution in [2.75, 3.05) is 6.61 Å². The van der Waals surface area contributed by atoms with Crippen molar-refractivity contribution in [3.8, 4) is 0 Å². The van der Waals surface area contributed by atoms with Crippen LogP contribution >= 0.6 is 15.9 Å². The number of rotatable bonds is 20. The highest BCUT2D eigenvalue weighted by Crippen LogP contribution is 2.44. The monoisotopic (exact) mass is 639 g/mol. The summed E-state index contributed by atoms with van der Waals surface area (Å²) in [5, 5.41) is 52.8. The molecule has 0 aromatic carbocycles. The second-order valence-corrected chi connectivity index (χ2v) is 11.6. The van der Waals surface area contributed by atoms with Gasteiger partial charge in [-0.25, -0.2) is 13.8 Å². The molecule has 11 nitrogen and oxygen atoms in total. The summed E-state index contributed by atoms with van der Waals surface area (Å²) in [6.07, 6.45) is 11.2. The van der Waals surface area contributed by atoms with Gasteiger partial charge in [0.05, 0.1) is 11.1 Å². The van der Waals surface area contributed by atoms with Crippen LogP contribution in [-0.2, 0) is 10.6 Å². The quantitative estimate of drug-likeness (QED) is 0.0540. The molecule has 2 heterocycles. The van der Waals surface area contributed by atoms with E-state index in [1.165, 1.54) is 64.2 Å². The molecule has 1 aliphatic rings. The maximum atomic E-state index is 15.1. The molecular weight excluding hydrogens is 593 g/mol. The van der Waals surface area contributed by atoms with Crippen LogP contribution in [0.1, 0.15) is 110 Å². The lowest BCUT2D eigenvalue weighted by atomic mass is 9.99. The summed E-state index contributed by atoms with van der Waals surface area (Å²) >= 11 is 2.88. The number of hydroxylamine groups is 2. The summed E-state index contributed by atoms with van der Waals surface area (Å²) in [6, 6.07) is 0. The van der Waals surface area contributed by atoms with E-state index in [0.717, 1.165) is 25.5 Å². The van der Waals surface area contributed by atoms with Crippen LogP contribution in [0.2, 0.25) is 0 Å². The van der Waals surface area contributed by atoms with Gasteiger partial charge in [0, 0.05) is 6.20 Å². The fraction of sp³-hybridized carbons (Fsp3) is 0.852. The van der Waals surface area contributed by atoms with E-state index < -0.39 is 48.0 Å². The second-order valence-electron chi connectivity index (χ2n) is 10.7.